The second kappa shape index (κ2) is 6.24. The molecule has 0 radical (unpaired) electrons. The molecule has 1 aromatic heterocycles. The van der Waals surface area contributed by atoms with Crippen molar-refractivity contribution in [2.24, 2.45) is 7.05 Å². The second-order valence-corrected chi connectivity index (χ2v) is 6.42. The third kappa shape index (κ3) is 2.86. The van der Waals surface area contributed by atoms with Gasteiger partial charge in [-0.25, -0.2) is 4.39 Å². The number of carbonyl (C=O) groups is 1. The zero-order valence-corrected chi connectivity index (χ0v) is 14.2. The smallest absolute Gasteiger partial charge is 0.254 e. The van der Waals surface area contributed by atoms with Crippen LogP contribution in [0.5, 0.6) is 0 Å². The number of piperazine rings is 1. The highest BCUT2D eigenvalue weighted by atomic mass is 19.1. The van der Waals surface area contributed by atoms with Crippen molar-refractivity contribution in [2.75, 3.05) is 31.1 Å². The number of benzene rings is 2. The number of aryl methyl sites for hydroxylation is 1. The van der Waals surface area contributed by atoms with E-state index in [-0.39, 0.29) is 11.7 Å². The molecule has 0 saturated carbocycles. The van der Waals surface area contributed by atoms with Crippen molar-refractivity contribution in [1.29, 1.82) is 0 Å². The van der Waals surface area contributed by atoms with Crippen molar-refractivity contribution in [2.45, 2.75) is 0 Å². The van der Waals surface area contributed by atoms with Crippen LogP contribution in [-0.4, -0.2) is 41.6 Å². The van der Waals surface area contributed by atoms with Gasteiger partial charge < -0.3 is 14.4 Å². The highest BCUT2D eigenvalue weighted by Crippen LogP contribution is 2.22. The summed E-state index contributed by atoms with van der Waals surface area (Å²) in [6, 6.07) is 14.4. The van der Waals surface area contributed by atoms with Crippen LogP contribution in [0.2, 0.25) is 0 Å². The van der Waals surface area contributed by atoms with Crippen LogP contribution < -0.4 is 4.90 Å². The van der Waals surface area contributed by atoms with Gasteiger partial charge in [0.05, 0.1) is 0 Å². The number of anilines is 1. The van der Waals surface area contributed by atoms with Crippen LogP contribution in [0, 0.1) is 5.82 Å². The molecule has 4 rings (SSSR count). The van der Waals surface area contributed by atoms with Crippen molar-refractivity contribution in [3.63, 3.8) is 0 Å². The molecule has 2 aromatic carbocycles. The molecular formula is C20H20FN3O. The molecule has 1 amide bonds. The highest BCUT2D eigenvalue weighted by molar-refractivity contribution is 6.06. The molecule has 0 atom stereocenters. The maximum Gasteiger partial charge on any atom is 0.254 e. The van der Waals surface area contributed by atoms with Crippen LogP contribution >= 0.6 is 0 Å². The summed E-state index contributed by atoms with van der Waals surface area (Å²) in [6.45, 7) is 2.84. The van der Waals surface area contributed by atoms with Crippen LogP contribution in [0.3, 0.4) is 0 Å². The average molecular weight is 337 g/mol. The third-order valence-corrected chi connectivity index (χ3v) is 4.92. The first-order valence-electron chi connectivity index (χ1n) is 8.47. The van der Waals surface area contributed by atoms with E-state index in [1.165, 1.54) is 12.1 Å². The molecule has 5 heteroatoms. The Balaban J connectivity index is 1.50. The van der Waals surface area contributed by atoms with Gasteiger partial charge in [0.25, 0.3) is 5.91 Å². The third-order valence-electron chi connectivity index (χ3n) is 4.92. The van der Waals surface area contributed by atoms with E-state index in [1.807, 2.05) is 47.0 Å². The van der Waals surface area contributed by atoms with Crippen molar-refractivity contribution in [1.82, 2.24) is 9.47 Å². The van der Waals surface area contributed by atoms with E-state index in [1.54, 1.807) is 12.1 Å². The maximum atomic E-state index is 13.1. The van der Waals surface area contributed by atoms with Crippen LogP contribution in [0.4, 0.5) is 10.1 Å². The Hall–Kier alpha value is -2.82. The molecule has 1 aliphatic heterocycles. The van der Waals surface area contributed by atoms with Crippen molar-refractivity contribution < 1.29 is 9.18 Å². The number of halogens is 1. The topological polar surface area (TPSA) is 28.5 Å². The fraction of sp³-hybridized carbons (Fsp3) is 0.250. The predicted molar refractivity (Wildman–Crippen MR) is 97.4 cm³/mol. The lowest BCUT2D eigenvalue weighted by Gasteiger charge is -2.36. The Kier molecular flexibility index (Phi) is 3.92. The minimum absolute atomic E-state index is 0.0792. The normalized spacial score (nSPS) is 15.0. The largest absolute Gasteiger partial charge is 0.368 e. The Morgan fingerprint density at radius 2 is 1.68 bits per heavy atom. The van der Waals surface area contributed by atoms with Gasteiger partial charge in [0.2, 0.25) is 0 Å². The van der Waals surface area contributed by atoms with Crippen LogP contribution in [0.15, 0.2) is 54.7 Å². The number of fused-ring (bicyclic) bond motifs is 1. The Morgan fingerprint density at radius 1 is 0.960 bits per heavy atom. The fourth-order valence-electron chi connectivity index (χ4n) is 3.48. The van der Waals surface area contributed by atoms with E-state index in [2.05, 4.69) is 4.90 Å². The standard InChI is InChI=1S/C20H20FN3O/c1-22-10-9-17-18(3-2-4-19(17)22)20(25)24-13-11-23(12-14-24)16-7-5-15(21)6-8-16/h2-10H,11-14H2,1H3. The first-order chi connectivity index (χ1) is 12.1. The zero-order valence-electron chi connectivity index (χ0n) is 14.2. The lowest BCUT2D eigenvalue weighted by molar-refractivity contribution is 0.0749. The van der Waals surface area contributed by atoms with Gasteiger partial charge in [-0.2, -0.15) is 0 Å². The minimum atomic E-state index is -0.228. The Labute approximate surface area is 146 Å². The molecule has 1 saturated heterocycles. The SMILES string of the molecule is Cn1ccc2c(C(=O)N3CCN(c4ccc(F)cc4)CC3)cccc21. The molecule has 1 aliphatic rings. The lowest BCUT2D eigenvalue weighted by Crippen LogP contribution is -2.48. The van der Waals surface area contributed by atoms with Crippen LogP contribution in [-0.2, 0) is 7.05 Å². The van der Waals surface area contributed by atoms with Gasteiger partial charge in [-0.1, -0.05) is 6.07 Å². The summed E-state index contributed by atoms with van der Waals surface area (Å²) in [7, 11) is 1.98. The number of rotatable bonds is 2. The molecule has 0 aliphatic carbocycles. The summed E-state index contributed by atoms with van der Waals surface area (Å²) in [4.78, 5) is 17.1. The number of hydrogen-bond donors (Lipinski definition) is 0. The van der Waals surface area contributed by atoms with Gasteiger partial charge in [0, 0.05) is 61.6 Å². The van der Waals surface area contributed by atoms with E-state index >= 15 is 0 Å². The van der Waals surface area contributed by atoms with Gasteiger partial charge in [-0.3, -0.25) is 4.79 Å². The minimum Gasteiger partial charge on any atom is -0.368 e. The average Bonchev–Trinajstić information content (AvgIpc) is 3.03. The quantitative estimate of drug-likeness (QED) is 0.718. The van der Waals surface area contributed by atoms with Gasteiger partial charge >= 0.3 is 0 Å². The molecule has 0 N–H and O–H groups in total. The number of nitrogens with zero attached hydrogens (tertiary/aromatic N) is 3. The molecule has 0 bridgehead atoms. The lowest BCUT2D eigenvalue weighted by atomic mass is 10.1. The van der Waals surface area contributed by atoms with Gasteiger partial charge in [-0.05, 0) is 42.5 Å². The Morgan fingerprint density at radius 3 is 2.40 bits per heavy atom. The highest BCUT2D eigenvalue weighted by Gasteiger charge is 2.23. The fourth-order valence-corrected chi connectivity index (χ4v) is 3.48. The van der Waals surface area contributed by atoms with Crippen molar-refractivity contribution in [3.8, 4) is 0 Å². The molecular weight excluding hydrogens is 317 g/mol. The second-order valence-electron chi connectivity index (χ2n) is 6.42. The Bertz CT molecular complexity index is 908. The summed E-state index contributed by atoms with van der Waals surface area (Å²) >= 11 is 0. The maximum absolute atomic E-state index is 13.1. The first kappa shape index (κ1) is 15.7. The molecule has 4 nitrogen and oxygen atoms in total. The summed E-state index contributed by atoms with van der Waals surface area (Å²) < 4.78 is 15.1. The molecule has 0 spiro atoms. The summed E-state index contributed by atoms with van der Waals surface area (Å²) in [6.07, 6.45) is 1.98. The van der Waals surface area contributed by atoms with E-state index in [0.717, 1.165) is 35.2 Å². The molecule has 3 aromatic rings. The predicted octanol–water partition coefficient (Wildman–Crippen LogP) is 3.28. The monoisotopic (exact) mass is 337 g/mol. The van der Waals surface area contributed by atoms with Gasteiger partial charge in [-0.15, -0.1) is 0 Å². The number of aromatic nitrogens is 1. The van der Waals surface area contributed by atoms with E-state index < -0.39 is 0 Å². The van der Waals surface area contributed by atoms with E-state index in [4.69, 9.17) is 0 Å². The van der Waals surface area contributed by atoms with E-state index in [9.17, 15) is 9.18 Å². The van der Waals surface area contributed by atoms with Gasteiger partial charge in [0.1, 0.15) is 5.82 Å². The van der Waals surface area contributed by atoms with Crippen molar-refractivity contribution >= 4 is 22.5 Å². The number of hydrogen-bond acceptors (Lipinski definition) is 2. The van der Waals surface area contributed by atoms with Crippen LogP contribution in [0.1, 0.15) is 10.4 Å². The molecule has 25 heavy (non-hydrogen) atoms. The molecule has 1 fully saturated rings. The van der Waals surface area contributed by atoms with E-state index in [0.29, 0.717) is 13.1 Å². The van der Waals surface area contributed by atoms with Gasteiger partial charge in [0.15, 0.2) is 0 Å². The summed E-state index contributed by atoms with van der Waals surface area (Å²) in [5.41, 5.74) is 2.82. The molecule has 128 valence electrons. The van der Waals surface area contributed by atoms with Crippen LogP contribution in [0.25, 0.3) is 10.9 Å². The molecule has 0 unspecified atom stereocenters. The number of carbonyl (C=O) groups excluding carboxylic acids is 1. The summed E-state index contributed by atoms with van der Waals surface area (Å²) in [5.74, 6) is -0.149. The number of amides is 1. The van der Waals surface area contributed by atoms with Crippen molar-refractivity contribution in [3.05, 3.63) is 66.1 Å². The molecule has 2 heterocycles. The first-order valence-corrected chi connectivity index (χ1v) is 8.47. The zero-order chi connectivity index (χ0) is 17.4. The summed E-state index contributed by atoms with van der Waals surface area (Å²) in [5, 5.41) is 0.996.